The lowest BCUT2D eigenvalue weighted by atomic mass is 10.0. The third-order valence-electron chi connectivity index (χ3n) is 5.14. The Kier molecular flexibility index (Phi) is 7.70. The second kappa shape index (κ2) is 10.5. The molecule has 0 radical (unpaired) electrons. The number of unbranched alkanes of at least 4 members (excludes halogenated alkanes) is 5. The number of hydrogen-bond donors (Lipinski definition) is 1. The first-order valence-corrected chi connectivity index (χ1v) is 11.2. The predicted molar refractivity (Wildman–Crippen MR) is 121 cm³/mol. The number of rotatable bonds is 10. The summed E-state index contributed by atoms with van der Waals surface area (Å²) in [6.07, 6.45) is 12.5. The van der Waals surface area contributed by atoms with E-state index in [1.54, 1.807) is 11.9 Å². The second-order valence-electron chi connectivity index (χ2n) is 7.26. The van der Waals surface area contributed by atoms with Crippen LogP contribution in [0.5, 0.6) is 0 Å². The number of hydrazine groups is 1. The highest BCUT2D eigenvalue weighted by Gasteiger charge is 2.17. The lowest BCUT2D eigenvalue weighted by molar-refractivity contribution is 0.607. The van der Waals surface area contributed by atoms with E-state index in [-0.39, 0.29) is 0 Å². The summed E-state index contributed by atoms with van der Waals surface area (Å²) in [5, 5.41) is 0. The van der Waals surface area contributed by atoms with E-state index in [1.807, 2.05) is 0 Å². The smallest absolute Gasteiger partial charge is 0.0704 e. The summed E-state index contributed by atoms with van der Waals surface area (Å²) in [5.41, 5.74) is 8.67. The quantitative estimate of drug-likeness (QED) is 0.349. The number of anilines is 1. The zero-order valence-electron chi connectivity index (χ0n) is 16.7. The van der Waals surface area contributed by atoms with Crippen molar-refractivity contribution in [1.29, 1.82) is 0 Å². The van der Waals surface area contributed by atoms with Crippen molar-refractivity contribution in [3.8, 4) is 0 Å². The van der Waals surface area contributed by atoms with Crippen molar-refractivity contribution in [2.75, 3.05) is 4.41 Å². The molecule has 0 saturated heterocycles. The minimum Gasteiger partial charge on any atom is -0.294 e. The van der Waals surface area contributed by atoms with E-state index in [0.717, 1.165) is 6.42 Å². The van der Waals surface area contributed by atoms with Gasteiger partial charge in [-0.05, 0) is 48.1 Å². The molecule has 0 atom stereocenters. The van der Waals surface area contributed by atoms with Gasteiger partial charge in [-0.3, -0.25) is 5.43 Å². The Bertz CT molecular complexity index is 719. The van der Waals surface area contributed by atoms with E-state index in [2.05, 4.69) is 78.4 Å². The van der Waals surface area contributed by atoms with Crippen LogP contribution in [0.3, 0.4) is 0 Å². The average Bonchev–Trinajstić information content (AvgIpc) is 3.21. The highest BCUT2D eigenvalue weighted by Crippen LogP contribution is 2.36. The van der Waals surface area contributed by atoms with Crippen molar-refractivity contribution < 1.29 is 0 Å². The maximum Gasteiger partial charge on any atom is 0.0704 e. The van der Waals surface area contributed by atoms with Crippen molar-refractivity contribution in [1.82, 2.24) is 5.43 Å². The molecular weight excluding hydrogens is 348 g/mol. The minimum absolute atomic E-state index is 1.09. The Morgan fingerprint density at radius 1 is 0.778 bits per heavy atom. The van der Waals surface area contributed by atoms with Crippen LogP contribution in [0.1, 0.15) is 69.1 Å². The predicted octanol–water partition coefficient (Wildman–Crippen LogP) is 7.12. The van der Waals surface area contributed by atoms with Crippen molar-refractivity contribution in [3.63, 3.8) is 0 Å². The second-order valence-corrected chi connectivity index (χ2v) is 8.25. The monoisotopic (exact) mass is 380 g/mol. The molecule has 0 spiro atoms. The van der Waals surface area contributed by atoms with Crippen molar-refractivity contribution >= 4 is 22.5 Å². The van der Waals surface area contributed by atoms with Gasteiger partial charge in [0, 0.05) is 18.1 Å². The third kappa shape index (κ3) is 5.80. The van der Waals surface area contributed by atoms with E-state index < -0.39 is 0 Å². The van der Waals surface area contributed by atoms with E-state index in [1.165, 1.54) is 72.2 Å². The van der Waals surface area contributed by atoms with Gasteiger partial charge < -0.3 is 0 Å². The maximum atomic E-state index is 3.38. The molecule has 1 aliphatic heterocycles. The highest BCUT2D eigenvalue weighted by atomic mass is 32.2. The van der Waals surface area contributed by atoms with E-state index in [0.29, 0.717) is 0 Å². The number of benzene rings is 2. The number of aryl methyl sites for hydroxylation is 2. The van der Waals surface area contributed by atoms with E-state index >= 15 is 0 Å². The normalized spacial score (nSPS) is 13.6. The van der Waals surface area contributed by atoms with Crippen LogP contribution in [0.25, 0.3) is 4.91 Å². The minimum atomic E-state index is 1.09. The van der Waals surface area contributed by atoms with E-state index in [9.17, 15) is 0 Å². The molecule has 3 rings (SSSR count). The summed E-state index contributed by atoms with van der Waals surface area (Å²) in [4.78, 5) is 1.26. The summed E-state index contributed by atoms with van der Waals surface area (Å²) in [6.45, 7) is 4.47. The van der Waals surface area contributed by atoms with Gasteiger partial charge in [0.2, 0.25) is 0 Å². The molecule has 2 aromatic rings. The van der Waals surface area contributed by atoms with Crippen LogP contribution in [0, 0.1) is 0 Å². The van der Waals surface area contributed by atoms with Crippen LogP contribution in [-0.2, 0) is 12.8 Å². The fraction of sp³-hybridized carbons (Fsp3) is 0.417. The molecule has 144 valence electrons. The summed E-state index contributed by atoms with van der Waals surface area (Å²) >= 11 is 1.75. The molecule has 0 fully saturated rings. The molecule has 0 bridgehead atoms. The van der Waals surface area contributed by atoms with Gasteiger partial charge in [0.1, 0.15) is 0 Å². The largest absolute Gasteiger partial charge is 0.294 e. The van der Waals surface area contributed by atoms with Crippen molar-refractivity contribution in [2.45, 2.75) is 65.2 Å². The van der Waals surface area contributed by atoms with Crippen molar-refractivity contribution in [2.24, 2.45) is 0 Å². The van der Waals surface area contributed by atoms with Gasteiger partial charge >= 0.3 is 0 Å². The first-order valence-electron chi connectivity index (χ1n) is 10.4. The SMILES string of the molecule is CCCCCCCCc1ccc(N2NC=C(c3ccc(CC)cc3)S2)cc1. The van der Waals surface area contributed by atoms with Gasteiger partial charge in [0.15, 0.2) is 0 Å². The van der Waals surface area contributed by atoms with Gasteiger partial charge in [-0.2, -0.15) is 0 Å². The fourth-order valence-corrected chi connectivity index (χ4v) is 4.22. The molecule has 0 aromatic heterocycles. The molecule has 1 heterocycles. The first-order chi connectivity index (χ1) is 13.3. The van der Waals surface area contributed by atoms with Crippen LogP contribution in [0.2, 0.25) is 0 Å². The molecule has 0 saturated carbocycles. The molecule has 1 aliphatic rings. The Labute approximate surface area is 169 Å². The van der Waals surface area contributed by atoms with Gasteiger partial charge in [-0.25, -0.2) is 4.41 Å². The Hall–Kier alpha value is -1.87. The van der Waals surface area contributed by atoms with Crippen LogP contribution in [0.4, 0.5) is 5.69 Å². The van der Waals surface area contributed by atoms with Gasteiger partial charge in [-0.15, -0.1) is 0 Å². The summed E-state index contributed by atoms with van der Waals surface area (Å²) < 4.78 is 2.14. The molecule has 2 nitrogen and oxygen atoms in total. The average molecular weight is 381 g/mol. The van der Waals surface area contributed by atoms with Gasteiger partial charge in [0.25, 0.3) is 0 Å². The highest BCUT2D eigenvalue weighted by molar-refractivity contribution is 8.09. The van der Waals surface area contributed by atoms with Crippen LogP contribution < -0.4 is 9.84 Å². The van der Waals surface area contributed by atoms with Crippen LogP contribution in [-0.4, -0.2) is 0 Å². The fourth-order valence-electron chi connectivity index (χ4n) is 3.34. The number of nitrogens with zero attached hydrogens (tertiary/aromatic N) is 1. The standard InChI is InChI=1S/C24H32N2S/c1-3-5-6-7-8-9-10-21-13-17-23(18-14-21)26-25-19-24(27-26)22-15-11-20(4-2)12-16-22/h11-19,25H,3-10H2,1-2H3. The first kappa shape index (κ1) is 19.9. The number of hydrogen-bond acceptors (Lipinski definition) is 3. The molecule has 2 aromatic carbocycles. The molecule has 0 amide bonds. The zero-order valence-corrected chi connectivity index (χ0v) is 17.5. The molecule has 3 heteroatoms. The maximum absolute atomic E-state index is 3.38. The lowest BCUT2D eigenvalue weighted by Gasteiger charge is -2.17. The molecular formula is C24H32N2S. The Balaban J connectivity index is 1.47. The van der Waals surface area contributed by atoms with Gasteiger partial charge in [0.05, 0.1) is 10.6 Å². The van der Waals surface area contributed by atoms with Crippen LogP contribution in [0.15, 0.2) is 54.7 Å². The Morgan fingerprint density at radius 2 is 1.44 bits per heavy atom. The summed E-state index contributed by atoms with van der Waals surface area (Å²) in [6, 6.07) is 17.9. The van der Waals surface area contributed by atoms with Gasteiger partial charge in [-0.1, -0.05) is 82.3 Å². The topological polar surface area (TPSA) is 15.3 Å². The molecule has 0 aliphatic carbocycles. The number of nitrogens with one attached hydrogen (secondary N) is 1. The van der Waals surface area contributed by atoms with Crippen molar-refractivity contribution in [3.05, 3.63) is 71.4 Å². The van der Waals surface area contributed by atoms with E-state index in [4.69, 9.17) is 0 Å². The molecule has 27 heavy (non-hydrogen) atoms. The third-order valence-corrected chi connectivity index (χ3v) is 6.19. The molecule has 1 N–H and O–H groups in total. The lowest BCUT2D eigenvalue weighted by Crippen LogP contribution is -2.22. The Morgan fingerprint density at radius 3 is 2.15 bits per heavy atom. The summed E-state index contributed by atoms with van der Waals surface area (Å²) in [5.74, 6) is 0. The zero-order chi connectivity index (χ0) is 18.9. The van der Waals surface area contributed by atoms with Crippen LogP contribution >= 0.6 is 11.9 Å². The summed E-state index contributed by atoms with van der Waals surface area (Å²) in [7, 11) is 0. The molecule has 0 unspecified atom stereocenters.